The molecule has 0 amide bonds. The molecule has 0 atom stereocenters. The Morgan fingerprint density at radius 3 is 2.07 bits per heavy atom. The van der Waals surface area contributed by atoms with Gasteiger partial charge < -0.3 is 0 Å². The van der Waals surface area contributed by atoms with E-state index in [1.165, 1.54) is 0 Å². The highest BCUT2D eigenvalue weighted by Gasteiger charge is 2.30. The Labute approximate surface area is 89.3 Å². The Hall–Kier alpha value is -1.44. The summed E-state index contributed by atoms with van der Waals surface area (Å²) in [5.41, 5.74) is 2.00. The van der Waals surface area contributed by atoms with E-state index in [0.717, 1.165) is 17.5 Å². The lowest BCUT2D eigenvalue weighted by atomic mass is 9.82. The van der Waals surface area contributed by atoms with E-state index >= 15 is 0 Å². The second-order valence-electron chi connectivity index (χ2n) is 4.13. The molecule has 0 aliphatic heterocycles. The third-order valence-electron chi connectivity index (χ3n) is 2.90. The van der Waals surface area contributed by atoms with Crippen LogP contribution in [-0.2, 0) is 9.59 Å². The SMILES string of the molecule is Cc1ccc(C2C(=O)CCCC2=O)cc1. The number of hydrogen-bond donors (Lipinski definition) is 0. The number of aryl methyl sites for hydroxylation is 1. The number of hydrogen-bond acceptors (Lipinski definition) is 2. The predicted molar refractivity (Wildman–Crippen MR) is 57.8 cm³/mol. The van der Waals surface area contributed by atoms with Gasteiger partial charge in [0.2, 0.25) is 0 Å². The van der Waals surface area contributed by atoms with Crippen molar-refractivity contribution in [3.05, 3.63) is 35.4 Å². The molecule has 0 aromatic heterocycles. The first kappa shape index (κ1) is 10.1. The van der Waals surface area contributed by atoms with Crippen molar-refractivity contribution >= 4 is 11.6 Å². The molecular formula is C13H14O2. The molecule has 0 radical (unpaired) electrons. The summed E-state index contributed by atoms with van der Waals surface area (Å²) in [5.74, 6) is -0.329. The zero-order valence-corrected chi connectivity index (χ0v) is 8.82. The number of carbonyl (C=O) groups is 2. The minimum absolute atomic E-state index is 0.0788. The highest BCUT2D eigenvalue weighted by Crippen LogP contribution is 2.27. The van der Waals surface area contributed by atoms with Crippen LogP contribution in [0, 0.1) is 6.92 Å². The zero-order chi connectivity index (χ0) is 10.8. The monoisotopic (exact) mass is 202 g/mol. The summed E-state index contributed by atoms with van der Waals surface area (Å²) >= 11 is 0. The van der Waals surface area contributed by atoms with E-state index in [1.807, 2.05) is 31.2 Å². The van der Waals surface area contributed by atoms with Gasteiger partial charge >= 0.3 is 0 Å². The average Bonchev–Trinajstić information content (AvgIpc) is 2.20. The van der Waals surface area contributed by atoms with E-state index in [4.69, 9.17) is 0 Å². The van der Waals surface area contributed by atoms with Gasteiger partial charge in [-0.25, -0.2) is 0 Å². The Kier molecular flexibility index (Phi) is 2.67. The molecule has 2 nitrogen and oxygen atoms in total. The van der Waals surface area contributed by atoms with E-state index in [0.29, 0.717) is 12.8 Å². The van der Waals surface area contributed by atoms with E-state index in [2.05, 4.69) is 0 Å². The standard InChI is InChI=1S/C13H14O2/c1-9-5-7-10(8-6-9)13-11(14)3-2-4-12(13)15/h5-8,13H,2-4H2,1H3. The molecule has 1 fully saturated rings. The first-order valence-corrected chi connectivity index (χ1v) is 5.30. The fourth-order valence-corrected chi connectivity index (χ4v) is 2.04. The van der Waals surface area contributed by atoms with Crippen LogP contribution in [0.5, 0.6) is 0 Å². The molecule has 1 aliphatic carbocycles. The van der Waals surface area contributed by atoms with Gasteiger partial charge in [0, 0.05) is 12.8 Å². The van der Waals surface area contributed by atoms with Crippen LogP contribution in [0.4, 0.5) is 0 Å². The lowest BCUT2D eigenvalue weighted by Gasteiger charge is -2.19. The molecule has 1 saturated carbocycles. The average molecular weight is 202 g/mol. The molecule has 0 saturated heterocycles. The van der Waals surface area contributed by atoms with Crippen LogP contribution in [-0.4, -0.2) is 11.6 Å². The number of Topliss-reactive ketones (excluding diaryl/α,β-unsaturated/α-hetero) is 2. The lowest BCUT2D eigenvalue weighted by Crippen LogP contribution is -2.26. The minimum Gasteiger partial charge on any atom is -0.299 e. The molecule has 0 bridgehead atoms. The molecule has 1 aromatic carbocycles. The summed E-state index contributed by atoms with van der Waals surface area (Å²) in [4.78, 5) is 23.3. The van der Waals surface area contributed by atoms with Crippen molar-refractivity contribution in [2.75, 3.05) is 0 Å². The summed E-state index contributed by atoms with van der Waals surface area (Å²) in [5, 5.41) is 0. The molecule has 2 heteroatoms. The van der Waals surface area contributed by atoms with Crippen LogP contribution >= 0.6 is 0 Å². The smallest absolute Gasteiger partial charge is 0.147 e. The summed E-state index contributed by atoms with van der Waals surface area (Å²) < 4.78 is 0. The fourth-order valence-electron chi connectivity index (χ4n) is 2.04. The third-order valence-corrected chi connectivity index (χ3v) is 2.90. The Balaban J connectivity index is 2.31. The van der Waals surface area contributed by atoms with Crippen molar-refractivity contribution in [2.45, 2.75) is 32.1 Å². The molecule has 15 heavy (non-hydrogen) atoms. The van der Waals surface area contributed by atoms with E-state index in [9.17, 15) is 9.59 Å². The normalized spacial score (nSPS) is 18.2. The molecule has 0 spiro atoms. The van der Waals surface area contributed by atoms with Crippen LogP contribution in [0.3, 0.4) is 0 Å². The van der Waals surface area contributed by atoms with Gasteiger partial charge in [-0.05, 0) is 18.9 Å². The molecule has 0 heterocycles. The number of rotatable bonds is 1. The highest BCUT2D eigenvalue weighted by atomic mass is 16.2. The van der Waals surface area contributed by atoms with Gasteiger partial charge in [-0.15, -0.1) is 0 Å². The van der Waals surface area contributed by atoms with Gasteiger partial charge in [-0.3, -0.25) is 9.59 Å². The van der Waals surface area contributed by atoms with Crippen LogP contribution in [0.2, 0.25) is 0 Å². The first-order chi connectivity index (χ1) is 7.18. The van der Waals surface area contributed by atoms with Crippen molar-refractivity contribution in [1.29, 1.82) is 0 Å². The largest absolute Gasteiger partial charge is 0.299 e. The molecule has 0 unspecified atom stereocenters. The molecule has 2 rings (SSSR count). The molecule has 1 aromatic rings. The van der Waals surface area contributed by atoms with Crippen molar-refractivity contribution < 1.29 is 9.59 Å². The molecule has 78 valence electrons. The third kappa shape index (κ3) is 1.99. The van der Waals surface area contributed by atoms with Gasteiger partial charge in [-0.2, -0.15) is 0 Å². The highest BCUT2D eigenvalue weighted by molar-refractivity contribution is 6.09. The summed E-state index contributed by atoms with van der Waals surface area (Å²) in [6.07, 6.45) is 1.81. The Morgan fingerprint density at radius 1 is 1.00 bits per heavy atom. The van der Waals surface area contributed by atoms with Crippen molar-refractivity contribution in [1.82, 2.24) is 0 Å². The summed E-state index contributed by atoms with van der Waals surface area (Å²) in [6.45, 7) is 1.99. The molecule has 1 aliphatic rings. The molecule has 0 N–H and O–H groups in total. The number of ketones is 2. The second kappa shape index (κ2) is 3.97. The van der Waals surface area contributed by atoms with Crippen LogP contribution < -0.4 is 0 Å². The Morgan fingerprint density at radius 2 is 1.53 bits per heavy atom. The van der Waals surface area contributed by atoms with Crippen LogP contribution in [0.15, 0.2) is 24.3 Å². The number of benzene rings is 1. The maximum Gasteiger partial charge on any atom is 0.147 e. The molecular weight excluding hydrogens is 188 g/mol. The topological polar surface area (TPSA) is 34.1 Å². The van der Waals surface area contributed by atoms with Crippen LogP contribution in [0.25, 0.3) is 0 Å². The minimum atomic E-state index is -0.487. The van der Waals surface area contributed by atoms with Gasteiger partial charge in [0.1, 0.15) is 17.5 Å². The first-order valence-electron chi connectivity index (χ1n) is 5.30. The van der Waals surface area contributed by atoms with Crippen molar-refractivity contribution in [3.8, 4) is 0 Å². The predicted octanol–water partition coefficient (Wildman–Crippen LogP) is 2.40. The van der Waals surface area contributed by atoms with Gasteiger partial charge in [-0.1, -0.05) is 29.8 Å². The lowest BCUT2D eigenvalue weighted by molar-refractivity contribution is -0.131. The number of carbonyl (C=O) groups excluding carboxylic acids is 2. The van der Waals surface area contributed by atoms with E-state index < -0.39 is 5.92 Å². The zero-order valence-electron chi connectivity index (χ0n) is 8.82. The van der Waals surface area contributed by atoms with Crippen LogP contribution in [0.1, 0.15) is 36.3 Å². The maximum absolute atomic E-state index is 11.7. The van der Waals surface area contributed by atoms with Crippen molar-refractivity contribution in [2.24, 2.45) is 0 Å². The quantitative estimate of drug-likeness (QED) is 0.655. The maximum atomic E-state index is 11.7. The van der Waals surface area contributed by atoms with E-state index in [1.54, 1.807) is 0 Å². The van der Waals surface area contributed by atoms with E-state index in [-0.39, 0.29) is 11.6 Å². The van der Waals surface area contributed by atoms with Gasteiger partial charge in [0.05, 0.1) is 0 Å². The Bertz CT molecular complexity index is 374. The summed E-state index contributed by atoms with van der Waals surface area (Å²) in [7, 11) is 0. The fraction of sp³-hybridized carbons (Fsp3) is 0.385. The second-order valence-corrected chi connectivity index (χ2v) is 4.13. The van der Waals surface area contributed by atoms with Gasteiger partial charge in [0.25, 0.3) is 0 Å². The summed E-state index contributed by atoms with van der Waals surface area (Å²) in [6, 6.07) is 7.68. The van der Waals surface area contributed by atoms with Gasteiger partial charge in [0.15, 0.2) is 0 Å². The van der Waals surface area contributed by atoms with Crippen molar-refractivity contribution in [3.63, 3.8) is 0 Å².